The zero-order chi connectivity index (χ0) is 9.97. The number of carbonyl (C=O) groups excluding carboxylic acids is 1. The van der Waals surface area contributed by atoms with E-state index in [1.165, 1.54) is 6.08 Å². The average Bonchev–Trinajstić information content (AvgIpc) is 2.66. The quantitative estimate of drug-likeness (QED) is 0.709. The Hall–Kier alpha value is -1.58. The van der Waals surface area contributed by atoms with Gasteiger partial charge in [0.25, 0.3) is 0 Å². The van der Waals surface area contributed by atoms with Gasteiger partial charge >= 0.3 is 0 Å². The van der Waals surface area contributed by atoms with Gasteiger partial charge in [-0.1, -0.05) is 6.58 Å². The molecule has 2 rings (SSSR count). The lowest BCUT2D eigenvalue weighted by molar-refractivity contribution is -0.117. The van der Waals surface area contributed by atoms with Gasteiger partial charge in [-0.05, 0) is 25.0 Å². The highest BCUT2D eigenvalue weighted by Crippen LogP contribution is 2.23. The molecular formula is C10H13N3O. The van der Waals surface area contributed by atoms with Gasteiger partial charge in [-0.2, -0.15) is 5.10 Å². The van der Waals surface area contributed by atoms with Crippen molar-refractivity contribution in [1.29, 1.82) is 0 Å². The van der Waals surface area contributed by atoms with Gasteiger partial charge in [-0.15, -0.1) is 0 Å². The minimum atomic E-state index is -0.121. The summed E-state index contributed by atoms with van der Waals surface area (Å²) < 4.78 is 1.94. The van der Waals surface area contributed by atoms with Crippen molar-refractivity contribution < 1.29 is 4.79 Å². The van der Waals surface area contributed by atoms with E-state index >= 15 is 0 Å². The molecule has 1 amide bonds. The summed E-state index contributed by atoms with van der Waals surface area (Å²) in [6.45, 7) is 4.38. The van der Waals surface area contributed by atoms with Crippen molar-refractivity contribution in [2.75, 3.05) is 0 Å². The number of nitrogens with zero attached hydrogens (tertiary/aromatic N) is 2. The Morgan fingerprint density at radius 2 is 2.64 bits per heavy atom. The molecule has 1 aliphatic heterocycles. The first-order valence-electron chi connectivity index (χ1n) is 4.76. The van der Waals surface area contributed by atoms with Crippen LogP contribution >= 0.6 is 0 Å². The number of amides is 1. The zero-order valence-electron chi connectivity index (χ0n) is 7.94. The Morgan fingerprint density at radius 3 is 3.43 bits per heavy atom. The smallest absolute Gasteiger partial charge is 0.243 e. The first-order valence-corrected chi connectivity index (χ1v) is 4.76. The van der Waals surface area contributed by atoms with Crippen molar-refractivity contribution in [3.05, 3.63) is 30.6 Å². The van der Waals surface area contributed by atoms with Crippen molar-refractivity contribution in [2.45, 2.75) is 25.4 Å². The second kappa shape index (κ2) is 3.65. The van der Waals surface area contributed by atoms with Gasteiger partial charge in [0, 0.05) is 12.7 Å². The SMILES string of the molecule is C=CC(=O)NC1CCCn2nccc21. The van der Waals surface area contributed by atoms with Crippen LogP contribution < -0.4 is 5.32 Å². The molecule has 0 saturated carbocycles. The molecule has 4 nitrogen and oxygen atoms in total. The summed E-state index contributed by atoms with van der Waals surface area (Å²) in [4.78, 5) is 11.2. The molecule has 0 bridgehead atoms. The van der Waals surface area contributed by atoms with E-state index in [-0.39, 0.29) is 11.9 Å². The van der Waals surface area contributed by atoms with Crippen LogP contribution in [0.1, 0.15) is 24.6 Å². The first-order chi connectivity index (χ1) is 6.81. The molecule has 1 aromatic heterocycles. The molecule has 0 saturated heterocycles. The summed E-state index contributed by atoms with van der Waals surface area (Å²) in [5.41, 5.74) is 1.09. The minimum absolute atomic E-state index is 0.0942. The van der Waals surface area contributed by atoms with Crippen LogP contribution in [0.3, 0.4) is 0 Å². The predicted molar refractivity (Wildman–Crippen MR) is 52.5 cm³/mol. The van der Waals surface area contributed by atoms with Gasteiger partial charge in [0.15, 0.2) is 0 Å². The molecule has 2 heterocycles. The van der Waals surface area contributed by atoms with E-state index in [0.29, 0.717) is 0 Å². The van der Waals surface area contributed by atoms with Gasteiger partial charge in [0.05, 0.1) is 11.7 Å². The average molecular weight is 191 g/mol. The summed E-state index contributed by atoms with van der Waals surface area (Å²) in [5, 5.41) is 7.07. The van der Waals surface area contributed by atoms with E-state index in [2.05, 4.69) is 17.0 Å². The van der Waals surface area contributed by atoms with E-state index in [9.17, 15) is 4.79 Å². The number of nitrogens with one attached hydrogen (secondary N) is 1. The third-order valence-corrected chi connectivity index (χ3v) is 2.47. The number of aromatic nitrogens is 2. The lowest BCUT2D eigenvalue weighted by atomic mass is 10.0. The lowest BCUT2D eigenvalue weighted by Gasteiger charge is -2.23. The maximum Gasteiger partial charge on any atom is 0.243 e. The fourth-order valence-electron chi connectivity index (χ4n) is 1.80. The standard InChI is InChI=1S/C10H13N3O/c1-2-10(14)12-8-4-3-7-13-9(8)5-6-11-13/h2,5-6,8H,1,3-4,7H2,(H,12,14). The maximum atomic E-state index is 11.2. The molecule has 1 N–H and O–H groups in total. The van der Waals surface area contributed by atoms with Gasteiger partial charge in [-0.25, -0.2) is 0 Å². The predicted octanol–water partition coefficient (Wildman–Crippen LogP) is 1.02. The monoisotopic (exact) mass is 191 g/mol. The Balaban J connectivity index is 2.16. The van der Waals surface area contributed by atoms with E-state index in [4.69, 9.17) is 0 Å². The summed E-state index contributed by atoms with van der Waals surface area (Å²) in [5.74, 6) is -0.121. The minimum Gasteiger partial charge on any atom is -0.344 e. The summed E-state index contributed by atoms with van der Waals surface area (Å²) in [7, 11) is 0. The molecule has 1 atom stereocenters. The van der Waals surface area contributed by atoms with Crippen molar-refractivity contribution in [3.8, 4) is 0 Å². The molecule has 0 aliphatic carbocycles. The molecule has 1 unspecified atom stereocenters. The molecule has 0 spiro atoms. The van der Waals surface area contributed by atoms with Crippen LogP contribution in [0, 0.1) is 0 Å². The Morgan fingerprint density at radius 1 is 1.79 bits per heavy atom. The van der Waals surface area contributed by atoms with Gasteiger partial charge < -0.3 is 5.32 Å². The Labute approximate surface area is 82.6 Å². The lowest BCUT2D eigenvalue weighted by Crippen LogP contribution is -2.31. The van der Waals surface area contributed by atoms with E-state index < -0.39 is 0 Å². The van der Waals surface area contributed by atoms with Crippen molar-refractivity contribution in [1.82, 2.24) is 15.1 Å². The molecule has 74 valence electrons. The van der Waals surface area contributed by atoms with Crippen LogP contribution in [-0.4, -0.2) is 15.7 Å². The number of hydrogen-bond acceptors (Lipinski definition) is 2. The van der Waals surface area contributed by atoms with Crippen LogP contribution in [0.5, 0.6) is 0 Å². The highest BCUT2D eigenvalue weighted by molar-refractivity contribution is 5.87. The maximum absolute atomic E-state index is 11.2. The highest BCUT2D eigenvalue weighted by atomic mass is 16.1. The van der Waals surface area contributed by atoms with Crippen LogP contribution in [0.4, 0.5) is 0 Å². The summed E-state index contributed by atoms with van der Waals surface area (Å²) in [6.07, 6.45) is 5.10. The molecule has 14 heavy (non-hydrogen) atoms. The fraction of sp³-hybridized carbons (Fsp3) is 0.400. The molecular weight excluding hydrogens is 178 g/mol. The number of aryl methyl sites for hydroxylation is 1. The normalized spacial score (nSPS) is 19.9. The van der Waals surface area contributed by atoms with Crippen molar-refractivity contribution >= 4 is 5.91 Å². The number of rotatable bonds is 2. The molecule has 0 aromatic carbocycles. The Bertz CT molecular complexity index is 356. The summed E-state index contributed by atoms with van der Waals surface area (Å²) >= 11 is 0. The molecule has 0 radical (unpaired) electrons. The first kappa shape index (κ1) is 8.99. The summed E-state index contributed by atoms with van der Waals surface area (Å²) in [6, 6.07) is 2.05. The number of hydrogen-bond donors (Lipinski definition) is 1. The molecule has 1 aliphatic rings. The molecule has 4 heteroatoms. The van der Waals surface area contributed by atoms with Crippen LogP contribution in [-0.2, 0) is 11.3 Å². The highest BCUT2D eigenvalue weighted by Gasteiger charge is 2.21. The number of fused-ring (bicyclic) bond motifs is 1. The molecule has 1 aromatic rings. The van der Waals surface area contributed by atoms with Crippen LogP contribution in [0.2, 0.25) is 0 Å². The van der Waals surface area contributed by atoms with Crippen LogP contribution in [0.25, 0.3) is 0 Å². The molecule has 0 fully saturated rings. The number of carbonyl (C=O) groups is 1. The zero-order valence-corrected chi connectivity index (χ0v) is 7.94. The van der Waals surface area contributed by atoms with E-state index in [0.717, 1.165) is 25.1 Å². The topological polar surface area (TPSA) is 46.9 Å². The van der Waals surface area contributed by atoms with Crippen molar-refractivity contribution in [2.24, 2.45) is 0 Å². The van der Waals surface area contributed by atoms with Crippen LogP contribution in [0.15, 0.2) is 24.9 Å². The third kappa shape index (κ3) is 1.55. The van der Waals surface area contributed by atoms with E-state index in [1.54, 1.807) is 6.20 Å². The van der Waals surface area contributed by atoms with E-state index in [1.807, 2.05) is 10.7 Å². The van der Waals surface area contributed by atoms with Crippen molar-refractivity contribution in [3.63, 3.8) is 0 Å². The second-order valence-electron chi connectivity index (χ2n) is 3.39. The fourth-order valence-corrected chi connectivity index (χ4v) is 1.80. The second-order valence-corrected chi connectivity index (χ2v) is 3.39. The van der Waals surface area contributed by atoms with Gasteiger partial charge in [-0.3, -0.25) is 9.48 Å². The third-order valence-electron chi connectivity index (χ3n) is 2.47. The largest absolute Gasteiger partial charge is 0.344 e. The van der Waals surface area contributed by atoms with Gasteiger partial charge in [0.1, 0.15) is 0 Å². The Kier molecular flexibility index (Phi) is 2.35. The van der Waals surface area contributed by atoms with Gasteiger partial charge in [0.2, 0.25) is 5.91 Å².